The van der Waals surface area contributed by atoms with Crippen molar-refractivity contribution in [3.05, 3.63) is 29.0 Å². The summed E-state index contributed by atoms with van der Waals surface area (Å²) >= 11 is 5.68. The number of esters is 1. The average Bonchev–Trinajstić information content (AvgIpc) is 2.31. The van der Waals surface area contributed by atoms with Gasteiger partial charge < -0.3 is 4.74 Å². The molecular weight excluding hydrogens is 242 g/mol. The van der Waals surface area contributed by atoms with Crippen LogP contribution in [0.25, 0.3) is 0 Å². The van der Waals surface area contributed by atoms with E-state index in [1.807, 2.05) is 0 Å². The van der Waals surface area contributed by atoms with Crippen LogP contribution in [0, 0.1) is 5.92 Å². The fourth-order valence-corrected chi connectivity index (χ4v) is 1.51. The van der Waals surface area contributed by atoms with E-state index in [-0.39, 0.29) is 18.1 Å². The topological polar surface area (TPSA) is 56.3 Å². The van der Waals surface area contributed by atoms with Crippen LogP contribution in [-0.2, 0) is 9.53 Å². The molecule has 0 saturated carbocycles. The molecule has 1 heterocycles. The molecule has 1 aromatic heterocycles. The van der Waals surface area contributed by atoms with Crippen molar-refractivity contribution in [2.75, 3.05) is 6.61 Å². The Morgan fingerprint density at radius 1 is 1.41 bits per heavy atom. The van der Waals surface area contributed by atoms with Gasteiger partial charge in [-0.3, -0.25) is 14.6 Å². The number of aromatic nitrogens is 1. The monoisotopic (exact) mass is 255 g/mol. The average molecular weight is 256 g/mol. The Morgan fingerprint density at radius 2 is 2.12 bits per heavy atom. The highest BCUT2D eigenvalue weighted by atomic mass is 35.5. The Balaban J connectivity index is 2.86. The van der Waals surface area contributed by atoms with Crippen molar-refractivity contribution in [2.45, 2.75) is 20.3 Å². The first kappa shape index (κ1) is 13.6. The van der Waals surface area contributed by atoms with Crippen molar-refractivity contribution in [2.24, 2.45) is 5.92 Å². The summed E-state index contributed by atoms with van der Waals surface area (Å²) in [4.78, 5) is 27.5. The molecule has 92 valence electrons. The fourth-order valence-electron chi connectivity index (χ4n) is 1.40. The molecule has 5 heteroatoms. The number of carbonyl (C=O) groups is 2. The zero-order valence-corrected chi connectivity index (χ0v) is 10.5. The van der Waals surface area contributed by atoms with E-state index in [9.17, 15) is 9.59 Å². The standard InChI is InChI=1S/C12H14ClNO3/c1-3-9(12(16)17-4-2)11(15)10-6-5-8(13)7-14-10/h5-7,9H,3-4H2,1-2H3. The second-order valence-electron chi connectivity index (χ2n) is 3.44. The lowest BCUT2D eigenvalue weighted by Crippen LogP contribution is -2.26. The van der Waals surface area contributed by atoms with Crippen molar-refractivity contribution in [1.82, 2.24) is 4.98 Å². The van der Waals surface area contributed by atoms with Crippen molar-refractivity contribution in [3.63, 3.8) is 0 Å². The number of hydrogen-bond donors (Lipinski definition) is 0. The van der Waals surface area contributed by atoms with E-state index in [1.54, 1.807) is 19.9 Å². The largest absolute Gasteiger partial charge is 0.465 e. The van der Waals surface area contributed by atoms with Gasteiger partial charge in [0.25, 0.3) is 0 Å². The van der Waals surface area contributed by atoms with Crippen LogP contribution < -0.4 is 0 Å². The minimum absolute atomic E-state index is 0.231. The molecule has 4 nitrogen and oxygen atoms in total. The maximum absolute atomic E-state index is 12.0. The van der Waals surface area contributed by atoms with Crippen LogP contribution in [0.3, 0.4) is 0 Å². The molecule has 0 aromatic carbocycles. The van der Waals surface area contributed by atoms with Gasteiger partial charge >= 0.3 is 5.97 Å². The van der Waals surface area contributed by atoms with Crippen LogP contribution in [0.2, 0.25) is 5.02 Å². The lowest BCUT2D eigenvalue weighted by atomic mass is 9.98. The van der Waals surface area contributed by atoms with Gasteiger partial charge in [-0.2, -0.15) is 0 Å². The summed E-state index contributed by atoms with van der Waals surface area (Å²) in [6.07, 6.45) is 1.77. The van der Waals surface area contributed by atoms with Gasteiger partial charge in [-0.25, -0.2) is 0 Å². The van der Waals surface area contributed by atoms with E-state index >= 15 is 0 Å². The van der Waals surface area contributed by atoms with Gasteiger partial charge in [-0.15, -0.1) is 0 Å². The highest BCUT2D eigenvalue weighted by Gasteiger charge is 2.27. The SMILES string of the molecule is CCOC(=O)C(CC)C(=O)c1ccc(Cl)cn1. The van der Waals surface area contributed by atoms with E-state index in [0.29, 0.717) is 11.4 Å². The zero-order chi connectivity index (χ0) is 12.8. The maximum Gasteiger partial charge on any atom is 0.316 e. The first-order valence-corrected chi connectivity index (χ1v) is 5.80. The number of Topliss-reactive ketones (excluding diaryl/α,β-unsaturated/α-hetero) is 1. The molecule has 0 spiro atoms. The Morgan fingerprint density at radius 3 is 2.59 bits per heavy atom. The third-order valence-corrected chi connectivity index (χ3v) is 2.50. The van der Waals surface area contributed by atoms with E-state index in [1.165, 1.54) is 12.3 Å². The number of hydrogen-bond acceptors (Lipinski definition) is 4. The molecule has 0 N–H and O–H groups in total. The van der Waals surface area contributed by atoms with Crippen LogP contribution in [-0.4, -0.2) is 23.3 Å². The summed E-state index contributed by atoms with van der Waals surface area (Å²) in [5, 5.41) is 0.450. The normalized spacial score (nSPS) is 11.9. The number of nitrogens with zero attached hydrogens (tertiary/aromatic N) is 1. The highest BCUT2D eigenvalue weighted by molar-refractivity contribution is 6.30. The van der Waals surface area contributed by atoms with Gasteiger partial charge in [0.2, 0.25) is 0 Å². The summed E-state index contributed by atoms with van der Waals surface area (Å²) in [6, 6.07) is 3.08. The minimum Gasteiger partial charge on any atom is -0.465 e. The van der Waals surface area contributed by atoms with Gasteiger partial charge in [0.1, 0.15) is 11.6 Å². The molecule has 0 saturated heterocycles. The number of rotatable bonds is 5. The van der Waals surface area contributed by atoms with E-state index in [4.69, 9.17) is 16.3 Å². The smallest absolute Gasteiger partial charge is 0.316 e. The molecule has 0 aliphatic carbocycles. The predicted molar refractivity (Wildman–Crippen MR) is 64.0 cm³/mol. The molecule has 1 aromatic rings. The van der Waals surface area contributed by atoms with Crippen LogP contribution in [0.4, 0.5) is 0 Å². The molecule has 1 unspecified atom stereocenters. The van der Waals surface area contributed by atoms with Crippen molar-refractivity contribution >= 4 is 23.4 Å². The third-order valence-electron chi connectivity index (χ3n) is 2.28. The first-order valence-electron chi connectivity index (χ1n) is 5.42. The Hall–Kier alpha value is -1.42. The van der Waals surface area contributed by atoms with Gasteiger partial charge in [0.15, 0.2) is 5.78 Å². The third kappa shape index (κ3) is 3.53. The molecule has 1 rings (SSSR count). The summed E-state index contributed by atoms with van der Waals surface area (Å²) in [7, 11) is 0. The second-order valence-corrected chi connectivity index (χ2v) is 3.88. The summed E-state index contributed by atoms with van der Waals surface area (Å²) < 4.78 is 4.85. The number of carbonyl (C=O) groups excluding carboxylic acids is 2. The molecule has 0 bridgehead atoms. The van der Waals surface area contributed by atoms with Crippen LogP contribution >= 0.6 is 11.6 Å². The van der Waals surface area contributed by atoms with Crippen molar-refractivity contribution < 1.29 is 14.3 Å². The minimum atomic E-state index is -0.788. The molecule has 0 aliphatic heterocycles. The molecule has 17 heavy (non-hydrogen) atoms. The van der Waals surface area contributed by atoms with E-state index in [0.717, 1.165) is 0 Å². The molecule has 0 radical (unpaired) electrons. The maximum atomic E-state index is 12.0. The van der Waals surface area contributed by atoms with Crippen LogP contribution in [0.5, 0.6) is 0 Å². The Kier molecular flexibility index (Phi) is 5.10. The number of ether oxygens (including phenoxy) is 1. The van der Waals surface area contributed by atoms with Gasteiger partial charge in [-0.05, 0) is 25.5 Å². The predicted octanol–water partition coefficient (Wildman–Crippen LogP) is 2.51. The van der Waals surface area contributed by atoms with Gasteiger partial charge in [0.05, 0.1) is 11.6 Å². The molecule has 1 atom stereocenters. The van der Waals surface area contributed by atoms with Gasteiger partial charge in [-0.1, -0.05) is 18.5 Å². The number of pyridine rings is 1. The fraction of sp³-hybridized carbons (Fsp3) is 0.417. The van der Waals surface area contributed by atoms with Crippen LogP contribution in [0.1, 0.15) is 30.8 Å². The first-order chi connectivity index (χ1) is 8.10. The highest BCUT2D eigenvalue weighted by Crippen LogP contribution is 2.14. The summed E-state index contributed by atoms with van der Waals surface area (Å²) in [5.74, 6) is -1.62. The quantitative estimate of drug-likeness (QED) is 0.461. The number of halogens is 1. The summed E-state index contributed by atoms with van der Waals surface area (Å²) in [5.41, 5.74) is 0.231. The summed E-state index contributed by atoms with van der Waals surface area (Å²) in [6.45, 7) is 3.72. The Labute approximate surface area is 105 Å². The van der Waals surface area contributed by atoms with Crippen LogP contribution in [0.15, 0.2) is 18.3 Å². The molecule has 0 aliphatic rings. The van der Waals surface area contributed by atoms with Crippen molar-refractivity contribution in [1.29, 1.82) is 0 Å². The number of ketones is 1. The zero-order valence-electron chi connectivity index (χ0n) is 9.77. The van der Waals surface area contributed by atoms with Crippen molar-refractivity contribution in [3.8, 4) is 0 Å². The lowest BCUT2D eigenvalue weighted by Gasteiger charge is -2.11. The van der Waals surface area contributed by atoms with E-state index in [2.05, 4.69) is 4.98 Å². The lowest BCUT2D eigenvalue weighted by molar-refractivity contribution is -0.146. The second kappa shape index (κ2) is 6.35. The Bertz CT molecular complexity index is 403. The van der Waals surface area contributed by atoms with Gasteiger partial charge in [0, 0.05) is 6.20 Å². The molecular formula is C12H14ClNO3. The molecule has 0 amide bonds. The van der Waals surface area contributed by atoms with E-state index < -0.39 is 11.9 Å². The molecule has 0 fully saturated rings.